The molecule has 5 aromatic carbocycles. The topological polar surface area (TPSA) is 56.8 Å². The van der Waals surface area contributed by atoms with Gasteiger partial charge in [-0.15, -0.1) is 0 Å². The molecule has 1 heterocycles. The number of rotatable bonds is 12. The highest BCUT2D eigenvalue weighted by atomic mass is 16.5. The summed E-state index contributed by atoms with van der Waals surface area (Å²) in [5.74, 6) is 0.860. The maximum absolute atomic E-state index is 12.8. The molecule has 0 bridgehead atoms. The Morgan fingerprint density at radius 3 is 2.32 bits per heavy atom. The molecule has 1 fully saturated rings. The molecular weight excluding hydrogens is 546 g/mol. The summed E-state index contributed by atoms with van der Waals surface area (Å²) in [7, 11) is 0. The van der Waals surface area contributed by atoms with Crippen molar-refractivity contribution in [2.45, 2.75) is 44.0 Å². The number of hydrogen-bond acceptors (Lipinski definition) is 5. The average Bonchev–Trinajstić information content (AvgIpc) is 3.09. The summed E-state index contributed by atoms with van der Waals surface area (Å²) in [4.78, 5) is 12.8. The van der Waals surface area contributed by atoms with Crippen molar-refractivity contribution in [2.24, 2.45) is 0 Å². The molecule has 3 unspecified atom stereocenters. The largest absolute Gasteiger partial charge is 0.494 e. The van der Waals surface area contributed by atoms with E-state index in [2.05, 4.69) is 72.0 Å². The van der Waals surface area contributed by atoms with Gasteiger partial charge in [-0.05, 0) is 83.6 Å². The lowest BCUT2D eigenvalue weighted by Gasteiger charge is -2.32. The SMILES string of the molecule is O=C(OC(CCCOc1ccc(C2CCNCC2OCc2ccc3ccccc3c2)cc1)c1ccccc1)c1ccccc1. The number of ether oxygens (including phenoxy) is 3. The lowest BCUT2D eigenvalue weighted by molar-refractivity contribution is 0.0106. The predicted molar refractivity (Wildman–Crippen MR) is 175 cm³/mol. The first-order valence-electron chi connectivity index (χ1n) is 15.6. The van der Waals surface area contributed by atoms with E-state index in [-0.39, 0.29) is 18.2 Å². The number of carbonyl (C=O) groups excluding carboxylic acids is 1. The molecule has 44 heavy (non-hydrogen) atoms. The van der Waals surface area contributed by atoms with Crippen LogP contribution in [0.4, 0.5) is 0 Å². The molecule has 1 saturated heterocycles. The van der Waals surface area contributed by atoms with Crippen LogP contribution in [-0.4, -0.2) is 31.8 Å². The van der Waals surface area contributed by atoms with Gasteiger partial charge in [-0.2, -0.15) is 0 Å². The molecule has 1 aliphatic rings. The van der Waals surface area contributed by atoms with E-state index in [0.717, 1.165) is 37.2 Å². The first-order valence-corrected chi connectivity index (χ1v) is 15.6. The van der Waals surface area contributed by atoms with Crippen LogP contribution in [0.1, 0.15) is 58.3 Å². The molecule has 0 aliphatic carbocycles. The van der Waals surface area contributed by atoms with Crippen LogP contribution in [0.2, 0.25) is 0 Å². The smallest absolute Gasteiger partial charge is 0.338 e. The van der Waals surface area contributed by atoms with Gasteiger partial charge in [0, 0.05) is 12.5 Å². The second kappa shape index (κ2) is 14.8. The zero-order valence-corrected chi connectivity index (χ0v) is 24.9. The van der Waals surface area contributed by atoms with Crippen molar-refractivity contribution < 1.29 is 19.0 Å². The third-order valence-corrected chi connectivity index (χ3v) is 8.32. The Morgan fingerprint density at radius 2 is 1.52 bits per heavy atom. The molecule has 5 nitrogen and oxygen atoms in total. The molecule has 0 radical (unpaired) electrons. The highest BCUT2D eigenvalue weighted by Gasteiger charge is 2.27. The summed E-state index contributed by atoms with van der Waals surface area (Å²) >= 11 is 0. The molecule has 6 rings (SSSR count). The van der Waals surface area contributed by atoms with Gasteiger partial charge in [-0.3, -0.25) is 0 Å². The molecular formula is C39H39NO4. The molecule has 1 N–H and O–H groups in total. The second-order valence-electron chi connectivity index (χ2n) is 11.4. The Labute approximate surface area is 259 Å². The molecule has 3 atom stereocenters. The fourth-order valence-electron chi connectivity index (χ4n) is 5.92. The van der Waals surface area contributed by atoms with Crippen molar-refractivity contribution in [2.75, 3.05) is 19.7 Å². The minimum Gasteiger partial charge on any atom is -0.494 e. The van der Waals surface area contributed by atoms with Gasteiger partial charge in [0.1, 0.15) is 11.9 Å². The molecule has 1 aliphatic heterocycles. The van der Waals surface area contributed by atoms with Crippen LogP contribution in [0.5, 0.6) is 5.75 Å². The van der Waals surface area contributed by atoms with Gasteiger partial charge in [0.15, 0.2) is 0 Å². The van der Waals surface area contributed by atoms with Gasteiger partial charge < -0.3 is 19.5 Å². The van der Waals surface area contributed by atoms with Gasteiger partial charge in [0.05, 0.1) is 24.9 Å². The van der Waals surface area contributed by atoms with Crippen molar-refractivity contribution in [1.29, 1.82) is 0 Å². The Kier molecular flexibility index (Phi) is 9.98. The molecule has 0 amide bonds. The maximum Gasteiger partial charge on any atom is 0.338 e. The summed E-state index contributed by atoms with van der Waals surface area (Å²) in [6.45, 7) is 2.96. The van der Waals surface area contributed by atoms with E-state index in [9.17, 15) is 4.79 Å². The first-order chi connectivity index (χ1) is 21.7. The Morgan fingerprint density at radius 1 is 0.795 bits per heavy atom. The first kappa shape index (κ1) is 29.6. The third-order valence-electron chi connectivity index (χ3n) is 8.32. The van der Waals surface area contributed by atoms with Gasteiger partial charge in [-0.25, -0.2) is 4.79 Å². The van der Waals surface area contributed by atoms with Crippen molar-refractivity contribution >= 4 is 16.7 Å². The van der Waals surface area contributed by atoms with E-state index in [1.807, 2.05) is 48.5 Å². The van der Waals surface area contributed by atoms with E-state index < -0.39 is 0 Å². The molecule has 5 heteroatoms. The molecule has 5 aromatic rings. The number of fused-ring (bicyclic) bond motifs is 1. The number of carbonyl (C=O) groups is 1. The number of esters is 1. The Hall–Kier alpha value is -4.45. The standard InChI is InChI=1S/C39H39NO4/c41-39(33-13-5-2-6-14-33)44-37(32-11-3-1-4-12-32)16-9-25-42-35-21-19-31(20-22-35)36-23-24-40-27-38(36)43-28-29-17-18-30-10-7-8-15-34(30)26-29/h1-8,10-15,17-22,26,36-38,40H,9,16,23-25,27-28H2. The maximum atomic E-state index is 12.8. The quantitative estimate of drug-likeness (QED) is 0.118. The average molecular weight is 586 g/mol. The fraction of sp³-hybridized carbons (Fsp3) is 0.256. The van der Waals surface area contributed by atoms with E-state index in [0.29, 0.717) is 31.1 Å². The lowest BCUT2D eigenvalue weighted by atomic mass is 9.87. The van der Waals surface area contributed by atoms with Crippen LogP contribution in [0.3, 0.4) is 0 Å². The highest BCUT2D eigenvalue weighted by molar-refractivity contribution is 5.89. The summed E-state index contributed by atoms with van der Waals surface area (Å²) in [6, 6.07) is 42.5. The Balaban J connectivity index is 1.01. The normalized spacial score (nSPS) is 17.2. The number of piperidine rings is 1. The lowest BCUT2D eigenvalue weighted by Crippen LogP contribution is -2.40. The van der Waals surface area contributed by atoms with E-state index in [4.69, 9.17) is 14.2 Å². The highest BCUT2D eigenvalue weighted by Crippen LogP contribution is 2.30. The zero-order valence-electron chi connectivity index (χ0n) is 24.9. The predicted octanol–water partition coefficient (Wildman–Crippen LogP) is 8.26. The van der Waals surface area contributed by atoms with Crippen molar-refractivity contribution in [3.8, 4) is 5.75 Å². The third kappa shape index (κ3) is 7.73. The van der Waals surface area contributed by atoms with Crippen LogP contribution in [0.15, 0.2) is 127 Å². The van der Waals surface area contributed by atoms with Crippen molar-refractivity contribution in [3.05, 3.63) is 150 Å². The van der Waals surface area contributed by atoms with Crippen LogP contribution in [0.25, 0.3) is 10.8 Å². The molecule has 0 spiro atoms. The van der Waals surface area contributed by atoms with Gasteiger partial charge in [-0.1, -0.05) is 97.1 Å². The molecule has 224 valence electrons. The molecule has 0 aromatic heterocycles. The van der Waals surface area contributed by atoms with Crippen molar-refractivity contribution in [1.82, 2.24) is 5.32 Å². The monoisotopic (exact) mass is 585 g/mol. The summed E-state index contributed by atoms with van der Waals surface area (Å²) in [5.41, 5.74) is 4.01. The number of nitrogens with one attached hydrogen (secondary N) is 1. The summed E-state index contributed by atoms with van der Waals surface area (Å²) in [5, 5.41) is 6.00. The second-order valence-corrected chi connectivity index (χ2v) is 11.4. The van der Waals surface area contributed by atoms with E-state index in [1.54, 1.807) is 12.1 Å². The molecule has 0 saturated carbocycles. The zero-order chi connectivity index (χ0) is 30.0. The number of benzene rings is 5. The van der Waals surface area contributed by atoms with Gasteiger partial charge in [0.2, 0.25) is 0 Å². The van der Waals surface area contributed by atoms with Crippen LogP contribution in [-0.2, 0) is 16.1 Å². The summed E-state index contributed by atoms with van der Waals surface area (Å²) in [6.07, 6.45) is 2.23. The van der Waals surface area contributed by atoms with Crippen LogP contribution >= 0.6 is 0 Å². The van der Waals surface area contributed by atoms with E-state index >= 15 is 0 Å². The van der Waals surface area contributed by atoms with Crippen LogP contribution < -0.4 is 10.1 Å². The minimum atomic E-state index is -0.332. The van der Waals surface area contributed by atoms with Gasteiger partial charge in [0.25, 0.3) is 0 Å². The van der Waals surface area contributed by atoms with E-state index in [1.165, 1.54) is 21.9 Å². The van der Waals surface area contributed by atoms with Gasteiger partial charge >= 0.3 is 5.97 Å². The summed E-state index contributed by atoms with van der Waals surface area (Å²) < 4.78 is 18.5. The van der Waals surface area contributed by atoms with Crippen molar-refractivity contribution in [3.63, 3.8) is 0 Å². The Bertz CT molecular complexity index is 1620. The number of hydrogen-bond donors (Lipinski definition) is 1. The van der Waals surface area contributed by atoms with Crippen LogP contribution in [0, 0.1) is 0 Å². The fourth-order valence-corrected chi connectivity index (χ4v) is 5.92. The minimum absolute atomic E-state index is 0.107.